The molecule has 0 saturated carbocycles. The van der Waals surface area contributed by atoms with Gasteiger partial charge in [0.25, 0.3) is 0 Å². The fourth-order valence-corrected chi connectivity index (χ4v) is 4.27. The summed E-state index contributed by atoms with van der Waals surface area (Å²) in [7, 11) is -3.16. The molecule has 3 heterocycles. The van der Waals surface area contributed by atoms with Gasteiger partial charge in [0, 0.05) is 19.5 Å². The lowest BCUT2D eigenvalue weighted by molar-refractivity contribution is 0.373. The Hall–Kier alpha value is -0.950. The second-order valence-electron chi connectivity index (χ2n) is 5.47. The van der Waals surface area contributed by atoms with Gasteiger partial charge in [-0.1, -0.05) is 6.42 Å². The standard InChI is InChI=1S/C12H20N4O2S/c1-19(17,18)16-9-5-6-10(16)12-14-13-11-7-3-2-4-8-15(11)12/h10H,2-9H2,1H3/t10-/m1/s1. The lowest BCUT2D eigenvalue weighted by Gasteiger charge is -2.22. The number of hydrogen-bond donors (Lipinski definition) is 0. The van der Waals surface area contributed by atoms with Gasteiger partial charge in [-0.2, -0.15) is 4.31 Å². The molecule has 0 N–H and O–H groups in total. The van der Waals surface area contributed by atoms with Gasteiger partial charge in [0.1, 0.15) is 5.82 Å². The van der Waals surface area contributed by atoms with Crippen molar-refractivity contribution in [2.24, 2.45) is 0 Å². The minimum Gasteiger partial charge on any atom is -0.314 e. The largest absolute Gasteiger partial charge is 0.314 e. The monoisotopic (exact) mass is 284 g/mol. The van der Waals surface area contributed by atoms with E-state index in [1.807, 2.05) is 0 Å². The van der Waals surface area contributed by atoms with Crippen molar-refractivity contribution in [3.8, 4) is 0 Å². The highest BCUT2D eigenvalue weighted by Gasteiger charge is 2.36. The molecule has 0 bridgehead atoms. The average Bonchev–Trinajstić information content (AvgIpc) is 2.90. The van der Waals surface area contributed by atoms with Crippen LogP contribution < -0.4 is 0 Å². The van der Waals surface area contributed by atoms with Crippen LogP contribution in [0.1, 0.15) is 49.8 Å². The van der Waals surface area contributed by atoms with Crippen LogP contribution in [-0.4, -0.2) is 40.3 Å². The van der Waals surface area contributed by atoms with Crippen LogP contribution in [0.2, 0.25) is 0 Å². The minimum absolute atomic E-state index is 0.116. The zero-order chi connectivity index (χ0) is 13.5. The smallest absolute Gasteiger partial charge is 0.211 e. The molecule has 106 valence electrons. The van der Waals surface area contributed by atoms with Gasteiger partial charge in [0.2, 0.25) is 10.0 Å². The predicted octanol–water partition coefficient (Wildman–Crippen LogP) is 1.10. The summed E-state index contributed by atoms with van der Waals surface area (Å²) in [6, 6.07) is -0.116. The Morgan fingerprint density at radius 2 is 1.95 bits per heavy atom. The Balaban J connectivity index is 1.96. The maximum Gasteiger partial charge on any atom is 0.211 e. The number of sulfonamides is 1. The second-order valence-corrected chi connectivity index (χ2v) is 7.40. The number of aromatic nitrogens is 3. The van der Waals surface area contributed by atoms with E-state index in [0.717, 1.165) is 50.3 Å². The van der Waals surface area contributed by atoms with Crippen molar-refractivity contribution in [2.45, 2.75) is 51.1 Å². The van der Waals surface area contributed by atoms with Crippen LogP contribution in [0.4, 0.5) is 0 Å². The maximum absolute atomic E-state index is 11.8. The van der Waals surface area contributed by atoms with Gasteiger partial charge >= 0.3 is 0 Å². The van der Waals surface area contributed by atoms with E-state index in [1.54, 1.807) is 4.31 Å². The summed E-state index contributed by atoms with van der Waals surface area (Å²) in [6.45, 7) is 1.53. The summed E-state index contributed by atoms with van der Waals surface area (Å²) in [4.78, 5) is 0. The Kier molecular flexibility index (Phi) is 3.34. The lowest BCUT2D eigenvalue weighted by Crippen LogP contribution is -2.31. The molecular weight excluding hydrogens is 264 g/mol. The van der Waals surface area contributed by atoms with Gasteiger partial charge in [-0.15, -0.1) is 10.2 Å². The third-order valence-electron chi connectivity index (χ3n) is 4.07. The van der Waals surface area contributed by atoms with Crippen molar-refractivity contribution in [2.75, 3.05) is 12.8 Å². The Labute approximate surface area is 113 Å². The number of aryl methyl sites for hydroxylation is 1. The molecule has 1 saturated heterocycles. The van der Waals surface area contributed by atoms with Gasteiger partial charge in [0.15, 0.2) is 5.82 Å². The van der Waals surface area contributed by atoms with Crippen LogP contribution in [0.25, 0.3) is 0 Å². The van der Waals surface area contributed by atoms with Crippen LogP contribution in [0, 0.1) is 0 Å². The number of rotatable bonds is 2. The number of hydrogen-bond acceptors (Lipinski definition) is 4. The van der Waals surface area contributed by atoms with E-state index in [-0.39, 0.29) is 6.04 Å². The molecule has 0 radical (unpaired) electrons. The molecule has 1 aromatic rings. The number of fused-ring (bicyclic) bond motifs is 1. The maximum atomic E-state index is 11.8. The van der Waals surface area contributed by atoms with Gasteiger partial charge in [-0.3, -0.25) is 0 Å². The van der Waals surface area contributed by atoms with Gasteiger partial charge in [-0.05, 0) is 25.7 Å². The summed E-state index contributed by atoms with van der Waals surface area (Å²) in [5.41, 5.74) is 0. The summed E-state index contributed by atoms with van der Waals surface area (Å²) < 4.78 is 27.4. The van der Waals surface area contributed by atoms with Crippen molar-refractivity contribution in [3.63, 3.8) is 0 Å². The fraction of sp³-hybridized carbons (Fsp3) is 0.833. The molecule has 1 atom stereocenters. The summed E-state index contributed by atoms with van der Waals surface area (Å²) in [5.74, 6) is 1.87. The molecule has 0 unspecified atom stereocenters. The molecule has 0 spiro atoms. The first-order valence-electron chi connectivity index (χ1n) is 6.96. The van der Waals surface area contributed by atoms with E-state index in [2.05, 4.69) is 14.8 Å². The van der Waals surface area contributed by atoms with Crippen LogP contribution in [0.15, 0.2) is 0 Å². The molecule has 0 amide bonds. The van der Waals surface area contributed by atoms with E-state index >= 15 is 0 Å². The van der Waals surface area contributed by atoms with Crippen molar-refractivity contribution < 1.29 is 8.42 Å². The summed E-state index contributed by atoms with van der Waals surface area (Å²) in [5, 5.41) is 8.56. The number of nitrogens with zero attached hydrogens (tertiary/aromatic N) is 4. The first-order valence-corrected chi connectivity index (χ1v) is 8.81. The second kappa shape index (κ2) is 4.86. The zero-order valence-electron chi connectivity index (χ0n) is 11.2. The van der Waals surface area contributed by atoms with Gasteiger partial charge in [0.05, 0.1) is 12.3 Å². The molecule has 6 nitrogen and oxygen atoms in total. The van der Waals surface area contributed by atoms with E-state index < -0.39 is 10.0 Å². The molecule has 3 rings (SSSR count). The fourth-order valence-electron chi connectivity index (χ4n) is 3.15. The third kappa shape index (κ3) is 2.41. The van der Waals surface area contributed by atoms with Crippen LogP contribution >= 0.6 is 0 Å². The highest BCUT2D eigenvalue weighted by Crippen LogP contribution is 2.33. The normalized spacial score (nSPS) is 25.2. The third-order valence-corrected chi connectivity index (χ3v) is 5.35. The summed E-state index contributed by atoms with van der Waals surface area (Å²) in [6.07, 6.45) is 7.49. The van der Waals surface area contributed by atoms with E-state index in [1.165, 1.54) is 12.7 Å². The summed E-state index contributed by atoms with van der Waals surface area (Å²) >= 11 is 0. The molecule has 2 aliphatic rings. The van der Waals surface area contributed by atoms with E-state index in [0.29, 0.717) is 6.54 Å². The Bertz CT molecular complexity index is 566. The predicted molar refractivity (Wildman–Crippen MR) is 71.1 cm³/mol. The Morgan fingerprint density at radius 3 is 2.74 bits per heavy atom. The van der Waals surface area contributed by atoms with Crippen LogP contribution in [-0.2, 0) is 23.0 Å². The van der Waals surface area contributed by atoms with E-state index in [9.17, 15) is 8.42 Å². The zero-order valence-corrected chi connectivity index (χ0v) is 12.1. The molecular formula is C12H20N4O2S. The molecule has 19 heavy (non-hydrogen) atoms. The minimum atomic E-state index is -3.16. The average molecular weight is 284 g/mol. The van der Waals surface area contributed by atoms with Crippen molar-refractivity contribution in [1.82, 2.24) is 19.1 Å². The lowest BCUT2D eigenvalue weighted by atomic mass is 10.2. The highest BCUT2D eigenvalue weighted by molar-refractivity contribution is 7.88. The molecule has 0 aromatic carbocycles. The molecule has 7 heteroatoms. The topological polar surface area (TPSA) is 68.1 Å². The van der Waals surface area contributed by atoms with Crippen molar-refractivity contribution >= 4 is 10.0 Å². The molecule has 1 fully saturated rings. The molecule has 2 aliphatic heterocycles. The van der Waals surface area contributed by atoms with E-state index in [4.69, 9.17) is 0 Å². The highest BCUT2D eigenvalue weighted by atomic mass is 32.2. The Morgan fingerprint density at radius 1 is 1.11 bits per heavy atom. The van der Waals surface area contributed by atoms with Crippen molar-refractivity contribution in [3.05, 3.63) is 11.6 Å². The van der Waals surface area contributed by atoms with Crippen LogP contribution in [0.3, 0.4) is 0 Å². The van der Waals surface area contributed by atoms with Gasteiger partial charge in [-0.25, -0.2) is 8.42 Å². The van der Waals surface area contributed by atoms with Crippen molar-refractivity contribution in [1.29, 1.82) is 0 Å². The first-order chi connectivity index (χ1) is 9.07. The quantitative estimate of drug-likeness (QED) is 0.815. The van der Waals surface area contributed by atoms with Gasteiger partial charge < -0.3 is 4.57 Å². The molecule has 1 aromatic heterocycles. The van der Waals surface area contributed by atoms with Crippen LogP contribution in [0.5, 0.6) is 0 Å². The molecule has 0 aliphatic carbocycles. The first kappa shape index (κ1) is 13.1. The SMILES string of the molecule is CS(=O)(=O)N1CCC[C@@H]1c1nnc2n1CCCCC2.